The van der Waals surface area contributed by atoms with E-state index in [1.54, 1.807) is 4.90 Å². The molecule has 1 saturated heterocycles. The van der Waals surface area contributed by atoms with Crippen LogP contribution in [-0.2, 0) is 19.5 Å². The average molecular weight is 301 g/mol. The van der Waals surface area contributed by atoms with E-state index < -0.39 is 12.5 Å². The van der Waals surface area contributed by atoms with Crippen LogP contribution in [-0.4, -0.2) is 31.3 Å². The van der Waals surface area contributed by atoms with E-state index in [0.717, 1.165) is 16.7 Å². The maximum atomic E-state index is 12.4. The molecule has 1 fully saturated rings. The normalized spacial score (nSPS) is 24.8. The van der Waals surface area contributed by atoms with E-state index in [1.807, 2.05) is 66.8 Å². The highest BCUT2D eigenvalue weighted by atomic mass is 16.7. The molecule has 0 unspecified atom stereocenters. The first-order valence-corrected chi connectivity index (χ1v) is 7.75. The van der Waals surface area contributed by atoms with Gasteiger partial charge in [0.05, 0.1) is 16.6 Å². The minimum Gasteiger partial charge on any atom is -0.399 e. The number of fused-ring (bicyclic) bond motifs is 1. The molecular weight excluding hydrogens is 277 g/mol. The van der Waals surface area contributed by atoms with Crippen molar-refractivity contribution < 1.29 is 14.1 Å². The quantitative estimate of drug-likeness (QED) is 0.747. The van der Waals surface area contributed by atoms with Crippen LogP contribution in [0.25, 0.3) is 0 Å². The van der Waals surface area contributed by atoms with Gasteiger partial charge in [0.1, 0.15) is 0 Å². The van der Waals surface area contributed by atoms with Gasteiger partial charge in [-0.25, -0.2) is 0 Å². The first-order valence-electron chi connectivity index (χ1n) is 7.75. The molecule has 1 aromatic carbocycles. The number of benzene rings is 1. The summed E-state index contributed by atoms with van der Waals surface area (Å²) in [6.07, 6.45) is 0. The standard InChI is InChI=1S/C17H24BNO3/c1-15(2)12-9-8-11(10-13(12)19(7)14(15)20)18-21-16(3,4)17(5,6)22-18/h8-10H,1-7H3. The molecule has 0 aliphatic carbocycles. The predicted molar refractivity (Wildman–Crippen MR) is 88.6 cm³/mol. The average Bonchev–Trinajstić information content (AvgIpc) is 2.73. The van der Waals surface area contributed by atoms with Crippen molar-refractivity contribution in [1.82, 2.24) is 0 Å². The summed E-state index contributed by atoms with van der Waals surface area (Å²) >= 11 is 0. The summed E-state index contributed by atoms with van der Waals surface area (Å²) in [6.45, 7) is 12.1. The summed E-state index contributed by atoms with van der Waals surface area (Å²) in [6, 6.07) is 6.05. The van der Waals surface area contributed by atoms with Crippen LogP contribution in [0.2, 0.25) is 0 Å². The molecule has 1 aromatic rings. The van der Waals surface area contributed by atoms with E-state index in [4.69, 9.17) is 9.31 Å². The van der Waals surface area contributed by atoms with Gasteiger partial charge in [-0.3, -0.25) is 4.79 Å². The van der Waals surface area contributed by atoms with Crippen molar-refractivity contribution in [2.45, 2.75) is 58.2 Å². The summed E-state index contributed by atoms with van der Waals surface area (Å²) in [5, 5.41) is 0. The lowest BCUT2D eigenvalue weighted by atomic mass is 9.77. The van der Waals surface area contributed by atoms with E-state index in [-0.39, 0.29) is 17.1 Å². The Morgan fingerprint density at radius 1 is 1.00 bits per heavy atom. The van der Waals surface area contributed by atoms with Gasteiger partial charge in [0.2, 0.25) is 5.91 Å². The third kappa shape index (κ3) is 1.95. The monoisotopic (exact) mass is 301 g/mol. The molecule has 3 rings (SSSR count). The molecule has 5 heteroatoms. The Labute approximate surface area is 132 Å². The van der Waals surface area contributed by atoms with E-state index in [0.29, 0.717) is 0 Å². The Kier molecular flexibility index (Phi) is 3.08. The summed E-state index contributed by atoms with van der Waals surface area (Å²) in [5.41, 5.74) is 1.76. The molecule has 0 saturated carbocycles. The smallest absolute Gasteiger partial charge is 0.399 e. The van der Waals surface area contributed by atoms with Crippen LogP contribution >= 0.6 is 0 Å². The number of rotatable bonds is 1. The molecule has 1 amide bonds. The van der Waals surface area contributed by atoms with Crippen LogP contribution in [0.5, 0.6) is 0 Å². The number of carbonyl (C=O) groups excluding carboxylic acids is 1. The van der Waals surface area contributed by atoms with Crippen molar-refractivity contribution in [1.29, 1.82) is 0 Å². The molecule has 22 heavy (non-hydrogen) atoms. The highest BCUT2D eigenvalue weighted by Crippen LogP contribution is 2.41. The van der Waals surface area contributed by atoms with E-state index in [1.165, 1.54) is 0 Å². The fraction of sp³-hybridized carbons (Fsp3) is 0.588. The van der Waals surface area contributed by atoms with Gasteiger partial charge in [0, 0.05) is 12.7 Å². The Hall–Kier alpha value is -1.33. The summed E-state index contributed by atoms with van der Waals surface area (Å²) in [7, 11) is 1.42. The third-order valence-corrected chi connectivity index (χ3v) is 5.42. The molecule has 0 N–H and O–H groups in total. The van der Waals surface area contributed by atoms with Crippen molar-refractivity contribution in [2.24, 2.45) is 0 Å². The number of hydrogen-bond donors (Lipinski definition) is 0. The molecule has 2 aliphatic rings. The lowest BCUT2D eigenvalue weighted by Gasteiger charge is -2.32. The maximum absolute atomic E-state index is 12.4. The van der Waals surface area contributed by atoms with Crippen molar-refractivity contribution in [3.63, 3.8) is 0 Å². The van der Waals surface area contributed by atoms with Crippen LogP contribution < -0.4 is 10.4 Å². The van der Waals surface area contributed by atoms with Gasteiger partial charge in [-0.15, -0.1) is 0 Å². The van der Waals surface area contributed by atoms with Crippen LogP contribution in [0.1, 0.15) is 47.1 Å². The summed E-state index contributed by atoms with van der Waals surface area (Å²) in [4.78, 5) is 14.1. The number of amides is 1. The minimum absolute atomic E-state index is 0.119. The predicted octanol–water partition coefficient (Wildman–Crippen LogP) is 2.24. The molecule has 0 atom stereocenters. The van der Waals surface area contributed by atoms with Crippen molar-refractivity contribution in [3.05, 3.63) is 23.8 Å². The van der Waals surface area contributed by atoms with Crippen LogP contribution in [0, 0.1) is 0 Å². The lowest BCUT2D eigenvalue weighted by Crippen LogP contribution is -2.41. The first kappa shape index (κ1) is 15.6. The van der Waals surface area contributed by atoms with E-state index in [2.05, 4.69) is 0 Å². The highest BCUT2D eigenvalue weighted by molar-refractivity contribution is 6.62. The number of likely N-dealkylation sites (N-methyl/N-ethyl adjacent to an activating group) is 1. The molecule has 0 radical (unpaired) electrons. The van der Waals surface area contributed by atoms with Crippen LogP contribution in [0.15, 0.2) is 18.2 Å². The van der Waals surface area contributed by atoms with E-state index >= 15 is 0 Å². The maximum Gasteiger partial charge on any atom is 0.494 e. The molecule has 2 heterocycles. The zero-order chi connectivity index (χ0) is 16.5. The molecule has 2 aliphatic heterocycles. The van der Waals surface area contributed by atoms with Crippen molar-refractivity contribution in [3.8, 4) is 0 Å². The molecule has 118 valence electrons. The lowest BCUT2D eigenvalue weighted by molar-refractivity contribution is -0.121. The first-order chi connectivity index (χ1) is 9.97. The van der Waals surface area contributed by atoms with Gasteiger partial charge in [-0.05, 0) is 58.6 Å². The molecule has 0 spiro atoms. The van der Waals surface area contributed by atoms with Crippen molar-refractivity contribution >= 4 is 24.2 Å². The van der Waals surface area contributed by atoms with Crippen LogP contribution in [0.3, 0.4) is 0 Å². The zero-order valence-corrected chi connectivity index (χ0v) is 14.5. The van der Waals surface area contributed by atoms with E-state index in [9.17, 15) is 4.79 Å². The van der Waals surface area contributed by atoms with Gasteiger partial charge < -0.3 is 14.2 Å². The molecule has 4 nitrogen and oxygen atoms in total. The van der Waals surface area contributed by atoms with Gasteiger partial charge in [0.15, 0.2) is 0 Å². The van der Waals surface area contributed by atoms with Crippen LogP contribution in [0.4, 0.5) is 5.69 Å². The third-order valence-electron chi connectivity index (χ3n) is 5.42. The zero-order valence-electron chi connectivity index (χ0n) is 14.5. The Morgan fingerprint density at radius 3 is 2.09 bits per heavy atom. The minimum atomic E-state index is -0.474. The number of nitrogens with zero attached hydrogens (tertiary/aromatic N) is 1. The van der Waals surface area contributed by atoms with Gasteiger partial charge >= 0.3 is 7.12 Å². The Morgan fingerprint density at radius 2 is 1.55 bits per heavy atom. The fourth-order valence-electron chi connectivity index (χ4n) is 3.12. The van der Waals surface area contributed by atoms with Gasteiger partial charge in [-0.2, -0.15) is 0 Å². The second-order valence-electron chi connectivity index (χ2n) is 7.85. The molecule has 0 bridgehead atoms. The van der Waals surface area contributed by atoms with Gasteiger partial charge in [0.25, 0.3) is 0 Å². The number of anilines is 1. The fourth-order valence-corrected chi connectivity index (χ4v) is 3.12. The molecular formula is C17H24BNO3. The second-order valence-corrected chi connectivity index (χ2v) is 7.85. The highest BCUT2D eigenvalue weighted by Gasteiger charge is 2.52. The summed E-state index contributed by atoms with van der Waals surface area (Å²) < 4.78 is 12.2. The number of carbonyl (C=O) groups is 1. The summed E-state index contributed by atoms with van der Waals surface area (Å²) in [5.74, 6) is 0.119. The number of hydrogen-bond acceptors (Lipinski definition) is 3. The SMILES string of the molecule is CN1C(=O)C(C)(C)c2ccc(B3OC(C)(C)C(C)(C)O3)cc21. The molecule has 0 aromatic heterocycles. The van der Waals surface area contributed by atoms with Gasteiger partial charge in [-0.1, -0.05) is 12.1 Å². The second kappa shape index (κ2) is 4.36. The van der Waals surface area contributed by atoms with Crippen molar-refractivity contribution in [2.75, 3.05) is 11.9 Å². The topological polar surface area (TPSA) is 38.8 Å². The Balaban J connectivity index is 1.99. The Bertz CT molecular complexity index is 635. The largest absolute Gasteiger partial charge is 0.494 e.